The van der Waals surface area contributed by atoms with E-state index in [1.165, 1.54) is 36.5 Å². The number of carboxylic acid groups (broad SMARTS) is 1. The molecule has 0 bridgehead atoms. The van der Waals surface area contributed by atoms with Gasteiger partial charge >= 0.3 is 5.97 Å². The lowest BCUT2D eigenvalue weighted by Gasteiger charge is -2.07. The van der Waals surface area contributed by atoms with Gasteiger partial charge in [-0.3, -0.25) is 0 Å². The van der Waals surface area contributed by atoms with Gasteiger partial charge in [-0.05, 0) is 30.3 Å². The molecule has 1 aromatic carbocycles. The molecule has 4 nitrogen and oxygen atoms in total. The average molecular weight is 282 g/mol. The van der Waals surface area contributed by atoms with Crippen LogP contribution < -0.4 is 4.74 Å². The molecular weight excluding hydrogens is 273 g/mol. The molecule has 0 radical (unpaired) electrons. The lowest BCUT2D eigenvalue weighted by atomic mass is 10.2. The van der Waals surface area contributed by atoms with Crippen LogP contribution in [0.15, 0.2) is 36.5 Å². The van der Waals surface area contributed by atoms with Crippen LogP contribution in [-0.2, 0) is 6.61 Å². The number of benzene rings is 1. The maximum atomic E-state index is 13.0. The first-order valence-electron chi connectivity index (χ1n) is 5.32. The fourth-order valence-corrected chi connectivity index (χ4v) is 1.58. The highest BCUT2D eigenvalue weighted by Gasteiger charge is 2.06. The second kappa shape index (κ2) is 5.67. The Bertz CT molecular complexity index is 601. The molecule has 0 aliphatic heterocycles. The smallest absolute Gasteiger partial charge is 0.354 e. The molecule has 98 valence electrons. The minimum Gasteiger partial charge on any atom is -0.487 e. The van der Waals surface area contributed by atoms with E-state index in [9.17, 15) is 9.18 Å². The van der Waals surface area contributed by atoms with Gasteiger partial charge in [0, 0.05) is 10.6 Å². The predicted octanol–water partition coefficient (Wildman–Crippen LogP) is 3.15. The molecule has 0 atom stereocenters. The molecule has 0 unspecified atom stereocenters. The number of pyridine rings is 1. The molecule has 0 spiro atoms. The van der Waals surface area contributed by atoms with Crippen molar-refractivity contribution in [2.45, 2.75) is 6.61 Å². The third kappa shape index (κ3) is 3.42. The number of halogens is 2. The van der Waals surface area contributed by atoms with Crippen LogP contribution in [0.3, 0.4) is 0 Å². The van der Waals surface area contributed by atoms with E-state index in [1.54, 1.807) is 0 Å². The Kier molecular flexibility index (Phi) is 3.97. The molecule has 2 aromatic rings. The van der Waals surface area contributed by atoms with E-state index in [2.05, 4.69) is 4.98 Å². The van der Waals surface area contributed by atoms with E-state index in [0.29, 0.717) is 16.3 Å². The van der Waals surface area contributed by atoms with Crippen molar-refractivity contribution >= 4 is 17.6 Å². The summed E-state index contributed by atoms with van der Waals surface area (Å²) in [6.45, 7) is 0.0741. The van der Waals surface area contributed by atoms with E-state index >= 15 is 0 Å². The van der Waals surface area contributed by atoms with Crippen molar-refractivity contribution in [2.24, 2.45) is 0 Å². The number of carboxylic acids is 1. The third-order valence-corrected chi connectivity index (χ3v) is 2.73. The largest absolute Gasteiger partial charge is 0.487 e. The van der Waals surface area contributed by atoms with E-state index in [0.717, 1.165) is 0 Å². The molecule has 0 fully saturated rings. The standard InChI is InChI=1S/C13H9ClFNO3/c14-11-3-1-9(15)5-8(11)7-19-10-2-4-12(13(17)18)16-6-10/h1-6H,7H2,(H,17,18). The Balaban J connectivity index is 2.06. The van der Waals surface area contributed by atoms with Crippen LogP contribution in [0.2, 0.25) is 5.02 Å². The fraction of sp³-hybridized carbons (Fsp3) is 0.0769. The lowest BCUT2D eigenvalue weighted by molar-refractivity contribution is 0.0690. The van der Waals surface area contributed by atoms with Crippen molar-refractivity contribution < 1.29 is 19.0 Å². The first-order chi connectivity index (χ1) is 9.06. The van der Waals surface area contributed by atoms with Gasteiger partial charge in [0.2, 0.25) is 0 Å². The van der Waals surface area contributed by atoms with Crippen molar-refractivity contribution in [1.29, 1.82) is 0 Å². The zero-order valence-electron chi connectivity index (χ0n) is 9.64. The summed E-state index contributed by atoms with van der Waals surface area (Å²) in [4.78, 5) is 14.3. The third-order valence-electron chi connectivity index (χ3n) is 2.36. The molecule has 19 heavy (non-hydrogen) atoms. The number of hydrogen-bond acceptors (Lipinski definition) is 3. The quantitative estimate of drug-likeness (QED) is 0.935. The molecule has 0 saturated carbocycles. The van der Waals surface area contributed by atoms with Gasteiger partial charge in [-0.2, -0.15) is 0 Å². The molecule has 1 heterocycles. The Labute approximate surface area is 113 Å². The molecule has 0 saturated heterocycles. The van der Waals surface area contributed by atoms with Crippen LogP contribution in [-0.4, -0.2) is 16.1 Å². The Morgan fingerprint density at radius 3 is 2.79 bits per heavy atom. The van der Waals surface area contributed by atoms with Crippen molar-refractivity contribution in [1.82, 2.24) is 4.98 Å². The SMILES string of the molecule is O=C(O)c1ccc(OCc2cc(F)ccc2Cl)cn1. The van der Waals surface area contributed by atoms with E-state index in [-0.39, 0.29) is 12.3 Å². The topological polar surface area (TPSA) is 59.4 Å². The van der Waals surface area contributed by atoms with Gasteiger partial charge in [0.15, 0.2) is 0 Å². The van der Waals surface area contributed by atoms with E-state index < -0.39 is 11.8 Å². The monoisotopic (exact) mass is 281 g/mol. The minimum atomic E-state index is -1.11. The lowest BCUT2D eigenvalue weighted by Crippen LogP contribution is -2.01. The summed E-state index contributed by atoms with van der Waals surface area (Å²) in [5.74, 6) is -1.13. The second-order valence-electron chi connectivity index (χ2n) is 3.71. The molecule has 2 rings (SSSR count). The van der Waals surface area contributed by atoms with Crippen LogP contribution in [0.1, 0.15) is 16.1 Å². The van der Waals surface area contributed by atoms with Crippen LogP contribution in [0, 0.1) is 5.82 Å². The summed E-state index contributed by atoms with van der Waals surface area (Å²) in [5.41, 5.74) is 0.431. The van der Waals surface area contributed by atoms with Gasteiger partial charge in [0.25, 0.3) is 0 Å². The summed E-state index contributed by atoms with van der Waals surface area (Å²) in [5, 5.41) is 9.09. The first-order valence-corrected chi connectivity index (χ1v) is 5.70. The molecule has 1 N–H and O–H groups in total. The van der Waals surface area contributed by atoms with Crippen molar-refractivity contribution in [2.75, 3.05) is 0 Å². The molecule has 1 aromatic heterocycles. The Morgan fingerprint density at radius 2 is 2.16 bits per heavy atom. The summed E-state index contributed by atoms with van der Waals surface area (Å²) < 4.78 is 18.4. The molecule has 0 aliphatic rings. The predicted molar refractivity (Wildman–Crippen MR) is 66.9 cm³/mol. The molecular formula is C13H9ClFNO3. The van der Waals surface area contributed by atoms with E-state index in [1.807, 2.05) is 0 Å². The fourth-order valence-electron chi connectivity index (χ4n) is 1.41. The molecule has 0 amide bonds. The minimum absolute atomic E-state index is 0.0730. The molecule has 0 aliphatic carbocycles. The highest BCUT2D eigenvalue weighted by Crippen LogP contribution is 2.19. The number of carbonyl (C=O) groups is 1. The average Bonchev–Trinajstić information content (AvgIpc) is 2.40. The highest BCUT2D eigenvalue weighted by atomic mass is 35.5. The summed E-state index contributed by atoms with van der Waals surface area (Å²) in [7, 11) is 0. The van der Waals surface area contributed by atoms with Crippen LogP contribution >= 0.6 is 11.6 Å². The van der Waals surface area contributed by atoms with Crippen molar-refractivity contribution in [3.05, 3.63) is 58.6 Å². The summed E-state index contributed by atoms with van der Waals surface area (Å²) in [6.07, 6.45) is 1.29. The van der Waals surface area contributed by atoms with Gasteiger partial charge in [-0.15, -0.1) is 0 Å². The number of aromatic nitrogens is 1. The zero-order valence-corrected chi connectivity index (χ0v) is 10.4. The maximum Gasteiger partial charge on any atom is 0.354 e. The number of aromatic carboxylic acids is 1. The number of nitrogens with zero attached hydrogens (tertiary/aromatic N) is 1. The maximum absolute atomic E-state index is 13.0. The van der Waals surface area contributed by atoms with Crippen molar-refractivity contribution in [3.63, 3.8) is 0 Å². The van der Waals surface area contributed by atoms with Gasteiger partial charge < -0.3 is 9.84 Å². The molecule has 6 heteroatoms. The van der Waals surface area contributed by atoms with Gasteiger partial charge in [0.1, 0.15) is 23.9 Å². The Morgan fingerprint density at radius 1 is 1.37 bits per heavy atom. The number of hydrogen-bond donors (Lipinski definition) is 1. The summed E-state index contributed by atoms with van der Waals surface area (Å²) >= 11 is 5.89. The Hall–Kier alpha value is -2.14. The second-order valence-corrected chi connectivity index (χ2v) is 4.12. The normalized spacial score (nSPS) is 10.2. The summed E-state index contributed by atoms with van der Waals surface area (Å²) in [6, 6.07) is 6.78. The highest BCUT2D eigenvalue weighted by molar-refractivity contribution is 6.31. The number of ether oxygens (including phenoxy) is 1. The van der Waals surface area contributed by atoms with Gasteiger partial charge in [0.05, 0.1) is 6.20 Å². The van der Waals surface area contributed by atoms with E-state index in [4.69, 9.17) is 21.4 Å². The zero-order chi connectivity index (χ0) is 13.8. The van der Waals surface area contributed by atoms with Gasteiger partial charge in [-0.1, -0.05) is 11.6 Å². The van der Waals surface area contributed by atoms with Gasteiger partial charge in [-0.25, -0.2) is 14.2 Å². The number of rotatable bonds is 4. The van der Waals surface area contributed by atoms with Crippen LogP contribution in [0.5, 0.6) is 5.75 Å². The van der Waals surface area contributed by atoms with Crippen LogP contribution in [0.4, 0.5) is 4.39 Å². The van der Waals surface area contributed by atoms with Crippen LogP contribution in [0.25, 0.3) is 0 Å². The first kappa shape index (κ1) is 13.3. The van der Waals surface area contributed by atoms with Crippen molar-refractivity contribution in [3.8, 4) is 5.75 Å².